The summed E-state index contributed by atoms with van der Waals surface area (Å²) in [7, 11) is 0. The molecular formula is C21H28N4O3. The molecule has 1 saturated carbocycles. The van der Waals surface area contributed by atoms with Crippen molar-refractivity contribution in [3.63, 3.8) is 0 Å². The van der Waals surface area contributed by atoms with Gasteiger partial charge < -0.3 is 14.3 Å². The second kappa shape index (κ2) is 7.53. The lowest BCUT2D eigenvalue weighted by atomic mass is 10.0. The number of rotatable bonds is 3. The van der Waals surface area contributed by atoms with Crippen LogP contribution in [0.3, 0.4) is 0 Å². The van der Waals surface area contributed by atoms with Crippen LogP contribution >= 0.6 is 0 Å². The van der Waals surface area contributed by atoms with Gasteiger partial charge in [-0.15, -0.1) is 0 Å². The Labute approximate surface area is 165 Å². The molecule has 2 aromatic rings. The Morgan fingerprint density at radius 2 is 1.75 bits per heavy atom. The smallest absolute Gasteiger partial charge is 0.259 e. The van der Waals surface area contributed by atoms with Crippen LogP contribution in [-0.4, -0.2) is 57.9 Å². The number of fused-ring (bicyclic) bond motifs is 1. The molecule has 0 unspecified atom stereocenters. The standard InChI is InChI=1S/C21H28N4O3/c1-13(2)17-12-16(18-14(3)23-28-19(18)22-17)21(27)25-10-8-24(9-11-25)20(26)15-6-4-5-7-15/h12-13,15H,4-11H2,1-3H3. The fraction of sp³-hybridized carbons (Fsp3) is 0.619. The Morgan fingerprint density at radius 3 is 2.39 bits per heavy atom. The molecule has 0 N–H and O–H groups in total. The average molecular weight is 384 g/mol. The van der Waals surface area contributed by atoms with Crippen LogP contribution in [-0.2, 0) is 4.79 Å². The van der Waals surface area contributed by atoms with E-state index < -0.39 is 0 Å². The normalized spacial score (nSPS) is 18.4. The molecule has 150 valence electrons. The van der Waals surface area contributed by atoms with Crippen LogP contribution in [0.1, 0.15) is 67.2 Å². The first-order valence-electron chi connectivity index (χ1n) is 10.3. The van der Waals surface area contributed by atoms with Crippen LogP contribution in [0.2, 0.25) is 0 Å². The highest BCUT2D eigenvalue weighted by atomic mass is 16.5. The maximum atomic E-state index is 13.3. The van der Waals surface area contributed by atoms with Crippen LogP contribution in [0.25, 0.3) is 11.1 Å². The quantitative estimate of drug-likeness (QED) is 0.812. The van der Waals surface area contributed by atoms with Crippen LogP contribution in [0, 0.1) is 12.8 Å². The van der Waals surface area contributed by atoms with E-state index in [1.165, 1.54) is 0 Å². The Morgan fingerprint density at radius 1 is 1.11 bits per heavy atom. The zero-order valence-electron chi connectivity index (χ0n) is 16.9. The van der Waals surface area contributed by atoms with E-state index in [0.717, 1.165) is 31.4 Å². The van der Waals surface area contributed by atoms with Crippen molar-refractivity contribution in [2.45, 2.75) is 52.4 Å². The molecule has 2 amide bonds. The summed E-state index contributed by atoms with van der Waals surface area (Å²) in [6.45, 7) is 8.24. The third-order valence-corrected chi connectivity index (χ3v) is 6.04. The summed E-state index contributed by atoms with van der Waals surface area (Å²) in [4.78, 5) is 34.2. The van der Waals surface area contributed by atoms with E-state index in [4.69, 9.17) is 4.52 Å². The maximum absolute atomic E-state index is 13.3. The zero-order chi connectivity index (χ0) is 19.8. The highest BCUT2D eigenvalue weighted by Gasteiger charge is 2.31. The second-order valence-electron chi connectivity index (χ2n) is 8.30. The molecule has 7 nitrogen and oxygen atoms in total. The number of aryl methyl sites for hydroxylation is 1. The van der Waals surface area contributed by atoms with E-state index in [9.17, 15) is 9.59 Å². The lowest BCUT2D eigenvalue weighted by Crippen LogP contribution is -2.51. The Bertz CT molecular complexity index is 890. The second-order valence-corrected chi connectivity index (χ2v) is 8.30. The average Bonchev–Trinajstić information content (AvgIpc) is 3.37. The van der Waals surface area contributed by atoms with Crippen LogP contribution < -0.4 is 0 Å². The zero-order valence-corrected chi connectivity index (χ0v) is 16.9. The van der Waals surface area contributed by atoms with E-state index in [0.29, 0.717) is 48.5 Å². The number of pyridine rings is 1. The summed E-state index contributed by atoms with van der Waals surface area (Å²) in [6, 6.07) is 1.87. The van der Waals surface area contributed by atoms with Gasteiger partial charge in [0.1, 0.15) is 0 Å². The molecule has 1 saturated heterocycles. The Hall–Kier alpha value is -2.44. The van der Waals surface area contributed by atoms with Crippen molar-refractivity contribution in [1.29, 1.82) is 0 Å². The largest absolute Gasteiger partial charge is 0.339 e. The predicted molar refractivity (Wildman–Crippen MR) is 105 cm³/mol. The van der Waals surface area contributed by atoms with Crippen molar-refractivity contribution < 1.29 is 14.1 Å². The minimum atomic E-state index is -0.0337. The molecule has 0 aromatic carbocycles. The van der Waals surface area contributed by atoms with Gasteiger partial charge >= 0.3 is 0 Å². The van der Waals surface area contributed by atoms with Gasteiger partial charge in [0, 0.05) is 37.8 Å². The number of carbonyl (C=O) groups excluding carboxylic acids is 2. The number of nitrogens with zero attached hydrogens (tertiary/aromatic N) is 4. The molecule has 2 aromatic heterocycles. The number of hydrogen-bond donors (Lipinski definition) is 0. The third kappa shape index (κ3) is 3.38. The molecule has 2 aliphatic rings. The van der Waals surface area contributed by atoms with Gasteiger partial charge in [-0.25, -0.2) is 4.98 Å². The fourth-order valence-electron chi connectivity index (χ4n) is 4.31. The first-order valence-corrected chi connectivity index (χ1v) is 10.3. The molecule has 3 heterocycles. The minimum Gasteiger partial charge on any atom is -0.339 e. The first kappa shape index (κ1) is 18.9. The van der Waals surface area contributed by atoms with Gasteiger partial charge in [-0.1, -0.05) is 31.8 Å². The number of hydrogen-bond acceptors (Lipinski definition) is 5. The Kier molecular flexibility index (Phi) is 5.08. The molecule has 1 aliphatic heterocycles. The van der Waals surface area contributed by atoms with E-state index >= 15 is 0 Å². The van der Waals surface area contributed by atoms with E-state index in [-0.39, 0.29) is 23.7 Å². The molecule has 0 bridgehead atoms. The van der Waals surface area contributed by atoms with Crippen molar-refractivity contribution in [3.05, 3.63) is 23.0 Å². The summed E-state index contributed by atoms with van der Waals surface area (Å²) in [6.07, 6.45) is 4.34. The third-order valence-electron chi connectivity index (χ3n) is 6.04. The number of aromatic nitrogens is 2. The van der Waals surface area contributed by atoms with E-state index in [2.05, 4.69) is 10.1 Å². The van der Waals surface area contributed by atoms with Crippen LogP contribution in [0.4, 0.5) is 0 Å². The molecule has 0 atom stereocenters. The summed E-state index contributed by atoms with van der Waals surface area (Å²) in [5.74, 6) is 0.610. The van der Waals surface area contributed by atoms with E-state index in [1.54, 1.807) is 0 Å². The lowest BCUT2D eigenvalue weighted by Gasteiger charge is -2.36. The van der Waals surface area contributed by atoms with Crippen molar-refractivity contribution in [1.82, 2.24) is 19.9 Å². The SMILES string of the molecule is Cc1noc2nc(C(C)C)cc(C(=O)N3CCN(C(=O)C4CCCC4)CC3)c12. The molecule has 0 radical (unpaired) electrons. The van der Waals surface area contributed by atoms with Gasteiger partial charge in [-0.2, -0.15) is 0 Å². The topological polar surface area (TPSA) is 79.5 Å². The highest BCUT2D eigenvalue weighted by molar-refractivity contribution is 6.06. The lowest BCUT2D eigenvalue weighted by molar-refractivity contribution is -0.136. The predicted octanol–water partition coefficient (Wildman–Crippen LogP) is 3.13. The number of amides is 2. The van der Waals surface area contributed by atoms with Gasteiger partial charge in [0.05, 0.1) is 16.6 Å². The number of carbonyl (C=O) groups is 2. The molecule has 0 spiro atoms. The van der Waals surface area contributed by atoms with Crippen LogP contribution in [0.15, 0.2) is 10.6 Å². The van der Waals surface area contributed by atoms with Crippen molar-refractivity contribution in [3.8, 4) is 0 Å². The molecule has 2 fully saturated rings. The number of piperazine rings is 1. The summed E-state index contributed by atoms with van der Waals surface area (Å²) in [5.41, 5.74) is 2.52. The van der Waals surface area contributed by atoms with Gasteiger partial charge in [-0.05, 0) is 31.7 Å². The summed E-state index contributed by atoms with van der Waals surface area (Å²) >= 11 is 0. The molecule has 4 rings (SSSR count). The van der Waals surface area contributed by atoms with Gasteiger partial charge in [0.25, 0.3) is 11.6 Å². The molecular weight excluding hydrogens is 356 g/mol. The van der Waals surface area contributed by atoms with Crippen molar-refractivity contribution in [2.24, 2.45) is 5.92 Å². The highest BCUT2D eigenvalue weighted by Crippen LogP contribution is 2.28. The summed E-state index contributed by atoms with van der Waals surface area (Å²) < 4.78 is 5.34. The Balaban J connectivity index is 1.52. The van der Waals surface area contributed by atoms with E-state index in [1.807, 2.05) is 36.6 Å². The van der Waals surface area contributed by atoms with Crippen LogP contribution in [0.5, 0.6) is 0 Å². The minimum absolute atomic E-state index is 0.0337. The van der Waals surface area contributed by atoms with Gasteiger partial charge in [-0.3, -0.25) is 9.59 Å². The van der Waals surface area contributed by atoms with Crippen molar-refractivity contribution >= 4 is 22.9 Å². The first-order chi connectivity index (χ1) is 13.5. The fourth-order valence-corrected chi connectivity index (χ4v) is 4.31. The molecule has 7 heteroatoms. The van der Waals surface area contributed by atoms with Gasteiger partial charge in [0.15, 0.2) is 0 Å². The summed E-state index contributed by atoms with van der Waals surface area (Å²) in [5, 5.41) is 4.70. The molecule has 28 heavy (non-hydrogen) atoms. The monoisotopic (exact) mass is 384 g/mol. The maximum Gasteiger partial charge on any atom is 0.259 e. The van der Waals surface area contributed by atoms with Gasteiger partial charge in [0.2, 0.25) is 5.91 Å². The molecule has 1 aliphatic carbocycles. The van der Waals surface area contributed by atoms with Crippen molar-refractivity contribution in [2.75, 3.05) is 26.2 Å².